The van der Waals surface area contributed by atoms with Gasteiger partial charge in [-0.1, -0.05) is 12.1 Å². The third kappa shape index (κ3) is 1.88. The first-order chi connectivity index (χ1) is 8.57. The van der Waals surface area contributed by atoms with Gasteiger partial charge in [0.2, 0.25) is 0 Å². The number of aromatic nitrogens is 2. The quantitative estimate of drug-likeness (QED) is 0.880. The van der Waals surface area contributed by atoms with E-state index in [-0.39, 0.29) is 5.25 Å². The van der Waals surface area contributed by atoms with Crippen molar-refractivity contribution in [1.82, 2.24) is 10.2 Å². The van der Waals surface area contributed by atoms with Crippen molar-refractivity contribution < 1.29 is 8.42 Å². The van der Waals surface area contributed by atoms with Gasteiger partial charge in [0.05, 0.1) is 15.8 Å². The van der Waals surface area contributed by atoms with Gasteiger partial charge in [-0.25, -0.2) is 8.42 Å². The maximum Gasteiger partial charge on any atom is 0.181 e. The minimum Gasteiger partial charge on any atom is -0.382 e. The van der Waals surface area contributed by atoms with Crippen molar-refractivity contribution >= 4 is 15.7 Å². The van der Waals surface area contributed by atoms with E-state index >= 15 is 0 Å². The second-order valence-electron chi connectivity index (χ2n) is 4.48. The maximum atomic E-state index is 12.0. The summed E-state index contributed by atoms with van der Waals surface area (Å²) < 4.78 is 24.0. The first-order valence-corrected chi connectivity index (χ1v) is 7.27. The minimum absolute atomic E-state index is 0.175. The number of rotatable bonds is 3. The van der Waals surface area contributed by atoms with Crippen LogP contribution in [0.1, 0.15) is 12.8 Å². The molecule has 0 spiro atoms. The molecule has 1 saturated carbocycles. The Morgan fingerprint density at radius 1 is 1.22 bits per heavy atom. The largest absolute Gasteiger partial charge is 0.382 e. The molecule has 2 aromatic rings. The number of nitrogen functional groups attached to an aromatic ring is 1. The number of nitrogens with two attached hydrogens (primary N) is 1. The average molecular weight is 263 g/mol. The van der Waals surface area contributed by atoms with Gasteiger partial charge in [-0.3, -0.25) is 5.10 Å². The van der Waals surface area contributed by atoms with Crippen molar-refractivity contribution in [3.63, 3.8) is 0 Å². The maximum absolute atomic E-state index is 12.0. The molecule has 3 N–H and O–H groups in total. The fourth-order valence-corrected chi connectivity index (χ4v) is 3.54. The highest BCUT2D eigenvalue weighted by atomic mass is 32.2. The van der Waals surface area contributed by atoms with Crippen LogP contribution in [0.15, 0.2) is 35.2 Å². The Morgan fingerprint density at radius 3 is 2.39 bits per heavy atom. The summed E-state index contributed by atoms with van der Waals surface area (Å²) in [7, 11) is -3.11. The number of nitrogens with zero attached hydrogens (tertiary/aromatic N) is 1. The van der Waals surface area contributed by atoms with Crippen molar-refractivity contribution in [1.29, 1.82) is 0 Å². The molecule has 5 nitrogen and oxygen atoms in total. The van der Waals surface area contributed by atoms with Crippen LogP contribution in [-0.4, -0.2) is 23.9 Å². The lowest BCUT2D eigenvalue weighted by Gasteiger charge is -2.03. The number of anilines is 1. The summed E-state index contributed by atoms with van der Waals surface area (Å²) in [6, 6.07) is 8.52. The first kappa shape index (κ1) is 11.3. The highest BCUT2D eigenvalue weighted by Gasteiger charge is 2.36. The first-order valence-electron chi connectivity index (χ1n) is 5.72. The molecule has 0 aliphatic heterocycles. The van der Waals surface area contributed by atoms with Gasteiger partial charge < -0.3 is 5.73 Å². The number of hydrogen-bond donors (Lipinski definition) is 2. The van der Waals surface area contributed by atoms with E-state index in [9.17, 15) is 8.42 Å². The molecular weight excluding hydrogens is 250 g/mol. The number of H-pyrrole nitrogens is 1. The van der Waals surface area contributed by atoms with Gasteiger partial charge in [-0.15, -0.1) is 0 Å². The van der Waals surface area contributed by atoms with Gasteiger partial charge in [0.1, 0.15) is 5.82 Å². The van der Waals surface area contributed by atoms with E-state index in [2.05, 4.69) is 10.2 Å². The molecule has 0 unspecified atom stereocenters. The molecule has 1 aromatic carbocycles. The summed E-state index contributed by atoms with van der Waals surface area (Å²) in [6.07, 6.45) is 1.56. The lowest BCUT2D eigenvalue weighted by molar-refractivity contribution is 0.595. The van der Waals surface area contributed by atoms with E-state index in [1.807, 2.05) is 0 Å². The van der Waals surface area contributed by atoms with Crippen molar-refractivity contribution in [2.24, 2.45) is 0 Å². The Labute approximate surface area is 105 Å². The lowest BCUT2D eigenvalue weighted by Crippen LogP contribution is -2.06. The smallest absolute Gasteiger partial charge is 0.181 e. The highest BCUT2D eigenvalue weighted by molar-refractivity contribution is 7.92. The summed E-state index contributed by atoms with van der Waals surface area (Å²) in [6.45, 7) is 0. The van der Waals surface area contributed by atoms with E-state index < -0.39 is 9.84 Å². The van der Waals surface area contributed by atoms with Gasteiger partial charge in [0, 0.05) is 6.07 Å². The number of nitrogens with one attached hydrogen (secondary N) is 1. The van der Waals surface area contributed by atoms with Crippen LogP contribution in [0.25, 0.3) is 11.3 Å². The van der Waals surface area contributed by atoms with E-state index in [1.165, 1.54) is 0 Å². The topological polar surface area (TPSA) is 88.8 Å². The van der Waals surface area contributed by atoms with E-state index in [0.29, 0.717) is 10.7 Å². The molecular formula is C12H13N3O2S. The van der Waals surface area contributed by atoms with Crippen LogP contribution >= 0.6 is 0 Å². The van der Waals surface area contributed by atoms with E-state index in [1.54, 1.807) is 30.3 Å². The summed E-state index contributed by atoms with van der Waals surface area (Å²) >= 11 is 0. The van der Waals surface area contributed by atoms with Crippen molar-refractivity contribution in [2.45, 2.75) is 23.0 Å². The van der Waals surface area contributed by atoms with Gasteiger partial charge in [-0.2, -0.15) is 5.10 Å². The molecule has 3 rings (SSSR count). The molecule has 1 heterocycles. The Bertz CT molecular complexity index is 670. The molecule has 0 atom stereocenters. The predicted octanol–water partition coefficient (Wildman–Crippen LogP) is 1.59. The Hall–Kier alpha value is -1.82. The second kappa shape index (κ2) is 3.84. The molecule has 18 heavy (non-hydrogen) atoms. The lowest BCUT2D eigenvalue weighted by atomic mass is 10.1. The summed E-state index contributed by atoms with van der Waals surface area (Å²) in [5.41, 5.74) is 7.17. The summed E-state index contributed by atoms with van der Waals surface area (Å²) in [5, 5.41) is 6.45. The summed E-state index contributed by atoms with van der Waals surface area (Å²) in [5.74, 6) is 0.416. The van der Waals surface area contributed by atoms with Gasteiger partial charge >= 0.3 is 0 Å². The third-order valence-corrected chi connectivity index (χ3v) is 5.33. The zero-order valence-electron chi connectivity index (χ0n) is 9.63. The van der Waals surface area contributed by atoms with Crippen LogP contribution in [0.3, 0.4) is 0 Å². The number of benzene rings is 1. The fourth-order valence-electron chi connectivity index (χ4n) is 1.88. The second-order valence-corrected chi connectivity index (χ2v) is 6.70. The van der Waals surface area contributed by atoms with Crippen molar-refractivity contribution in [3.05, 3.63) is 30.3 Å². The van der Waals surface area contributed by atoms with Gasteiger partial charge in [0.25, 0.3) is 0 Å². The van der Waals surface area contributed by atoms with Crippen LogP contribution < -0.4 is 5.73 Å². The van der Waals surface area contributed by atoms with Gasteiger partial charge in [0.15, 0.2) is 9.84 Å². The molecule has 1 aliphatic rings. The molecule has 0 saturated heterocycles. The van der Waals surface area contributed by atoms with Crippen LogP contribution in [0.2, 0.25) is 0 Å². The molecule has 0 amide bonds. The predicted molar refractivity (Wildman–Crippen MR) is 68.6 cm³/mol. The Morgan fingerprint density at radius 2 is 1.89 bits per heavy atom. The zero-order chi connectivity index (χ0) is 12.8. The van der Waals surface area contributed by atoms with E-state index in [4.69, 9.17) is 5.73 Å². The molecule has 1 aliphatic carbocycles. The number of sulfone groups is 1. The number of hydrogen-bond acceptors (Lipinski definition) is 4. The molecule has 1 aromatic heterocycles. The van der Waals surface area contributed by atoms with Crippen molar-refractivity contribution in [3.8, 4) is 11.3 Å². The van der Waals surface area contributed by atoms with Crippen LogP contribution in [-0.2, 0) is 9.84 Å². The number of aromatic amines is 1. The van der Waals surface area contributed by atoms with Crippen LogP contribution in [0.4, 0.5) is 5.82 Å². The average Bonchev–Trinajstić information content (AvgIpc) is 3.13. The SMILES string of the molecule is Nc1cc(-c2ccc(S(=O)(=O)C3CC3)cc2)[nH]n1. The van der Waals surface area contributed by atoms with Crippen molar-refractivity contribution in [2.75, 3.05) is 5.73 Å². The highest BCUT2D eigenvalue weighted by Crippen LogP contribution is 2.34. The molecule has 6 heteroatoms. The standard InChI is InChI=1S/C12H13N3O2S/c13-12-7-11(14-15-12)8-1-3-9(4-2-8)18(16,17)10-5-6-10/h1-4,7,10H,5-6H2,(H3,13,14,15). The van der Waals surface area contributed by atoms with E-state index in [0.717, 1.165) is 24.1 Å². The Kier molecular flexibility index (Phi) is 2.41. The van der Waals surface area contributed by atoms with Crippen LogP contribution in [0.5, 0.6) is 0 Å². The molecule has 0 bridgehead atoms. The molecule has 0 radical (unpaired) electrons. The third-order valence-electron chi connectivity index (χ3n) is 3.05. The van der Waals surface area contributed by atoms with Crippen LogP contribution in [0, 0.1) is 0 Å². The molecule has 1 fully saturated rings. The minimum atomic E-state index is -3.11. The summed E-state index contributed by atoms with van der Waals surface area (Å²) in [4.78, 5) is 0.390. The fraction of sp³-hybridized carbons (Fsp3) is 0.250. The normalized spacial score (nSPS) is 15.8. The monoisotopic (exact) mass is 263 g/mol. The molecule has 94 valence electrons. The zero-order valence-corrected chi connectivity index (χ0v) is 10.4. The van der Waals surface area contributed by atoms with Gasteiger partial charge in [-0.05, 0) is 30.5 Å². The Balaban J connectivity index is 1.94.